The highest BCUT2D eigenvalue weighted by molar-refractivity contribution is 6.35. The van der Waals surface area contributed by atoms with Gasteiger partial charge in [0.15, 0.2) is 0 Å². The first-order valence-corrected chi connectivity index (χ1v) is 4.72. The molecule has 15 heavy (non-hydrogen) atoms. The first-order chi connectivity index (χ1) is 6.95. The number of Topliss-reactive ketones (excluding diaryl/α,β-unsaturated/α-hetero) is 1. The number of hydrogen-bond donors (Lipinski definition) is 3. The van der Waals surface area contributed by atoms with Crippen LogP contribution in [-0.4, -0.2) is 35.4 Å². The first kappa shape index (κ1) is 16.0. The molecule has 0 fully saturated rings. The molecule has 0 aromatic heterocycles. The van der Waals surface area contributed by atoms with E-state index in [0.29, 0.717) is 0 Å². The van der Waals surface area contributed by atoms with E-state index >= 15 is 0 Å². The Hall–Kier alpha value is -1.43. The number of nitrogens with two attached hydrogens (primary N) is 1. The van der Waals surface area contributed by atoms with E-state index in [2.05, 4.69) is 5.32 Å². The number of amides is 1. The molecule has 1 unspecified atom stereocenters. The highest BCUT2D eigenvalue weighted by Crippen LogP contribution is 1.85. The van der Waals surface area contributed by atoms with Crippen molar-refractivity contribution in [1.29, 1.82) is 0 Å². The van der Waals surface area contributed by atoms with E-state index < -0.39 is 23.7 Å². The second-order valence-corrected chi connectivity index (χ2v) is 2.55. The van der Waals surface area contributed by atoms with Gasteiger partial charge in [0, 0.05) is 13.5 Å². The fourth-order valence-electron chi connectivity index (χ4n) is 0.589. The van der Waals surface area contributed by atoms with Crippen molar-refractivity contribution in [3.63, 3.8) is 0 Å². The molecule has 88 valence electrons. The van der Waals surface area contributed by atoms with Gasteiger partial charge in [-0.15, -0.1) is 0 Å². The lowest BCUT2D eigenvalue weighted by Gasteiger charge is -2.05. The molecule has 0 aromatic carbocycles. The summed E-state index contributed by atoms with van der Waals surface area (Å²) in [5.41, 5.74) is 5.14. The normalized spacial score (nSPS) is 10.7. The SMILES string of the molecule is CC.CC(=O)C(=O)NCCC(N)C(=O)O. The van der Waals surface area contributed by atoms with Crippen molar-refractivity contribution in [2.75, 3.05) is 6.54 Å². The monoisotopic (exact) mass is 218 g/mol. The molecular weight excluding hydrogens is 200 g/mol. The number of carbonyl (C=O) groups is 3. The number of nitrogens with one attached hydrogen (secondary N) is 1. The topological polar surface area (TPSA) is 109 Å². The Morgan fingerprint density at radius 1 is 1.33 bits per heavy atom. The van der Waals surface area contributed by atoms with E-state index in [4.69, 9.17) is 10.8 Å². The van der Waals surface area contributed by atoms with Gasteiger partial charge < -0.3 is 16.2 Å². The Bertz CT molecular complexity index is 228. The molecule has 0 aromatic rings. The number of carboxylic acid groups (broad SMARTS) is 1. The molecule has 0 saturated heterocycles. The van der Waals surface area contributed by atoms with Gasteiger partial charge in [-0.1, -0.05) is 13.8 Å². The van der Waals surface area contributed by atoms with E-state index in [1.54, 1.807) is 0 Å². The van der Waals surface area contributed by atoms with Crippen LogP contribution in [0.1, 0.15) is 27.2 Å². The van der Waals surface area contributed by atoms with Crippen LogP contribution < -0.4 is 11.1 Å². The van der Waals surface area contributed by atoms with Crippen molar-refractivity contribution in [2.45, 2.75) is 33.2 Å². The number of carbonyl (C=O) groups excluding carboxylic acids is 2. The molecule has 0 saturated carbocycles. The van der Waals surface area contributed by atoms with Gasteiger partial charge in [-0.25, -0.2) is 0 Å². The van der Waals surface area contributed by atoms with Gasteiger partial charge in [0.2, 0.25) is 5.78 Å². The van der Waals surface area contributed by atoms with Gasteiger partial charge in [0.1, 0.15) is 6.04 Å². The lowest BCUT2D eigenvalue weighted by molar-refractivity contribution is -0.139. The molecule has 1 amide bonds. The van der Waals surface area contributed by atoms with Crippen LogP contribution >= 0.6 is 0 Å². The van der Waals surface area contributed by atoms with Gasteiger partial charge in [0.25, 0.3) is 5.91 Å². The number of carboxylic acids is 1. The number of rotatable bonds is 5. The van der Waals surface area contributed by atoms with E-state index in [-0.39, 0.29) is 13.0 Å². The molecule has 4 N–H and O–H groups in total. The van der Waals surface area contributed by atoms with Crippen molar-refractivity contribution in [3.8, 4) is 0 Å². The number of aliphatic carboxylic acids is 1. The zero-order valence-electron chi connectivity index (χ0n) is 9.24. The van der Waals surface area contributed by atoms with Gasteiger partial charge in [-0.3, -0.25) is 14.4 Å². The third-order valence-electron chi connectivity index (χ3n) is 1.38. The summed E-state index contributed by atoms with van der Waals surface area (Å²) in [5, 5.41) is 10.6. The fraction of sp³-hybridized carbons (Fsp3) is 0.667. The molecular formula is C9H18N2O4. The average molecular weight is 218 g/mol. The van der Waals surface area contributed by atoms with E-state index in [1.807, 2.05) is 13.8 Å². The van der Waals surface area contributed by atoms with Crippen LogP contribution in [0.2, 0.25) is 0 Å². The predicted molar refractivity (Wildman–Crippen MR) is 55.3 cm³/mol. The Morgan fingerprint density at radius 2 is 1.80 bits per heavy atom. The van der Waals surface area contributed by atoms with E-state index in [1.165, 1.54) is 0 Å². The minimum atomic E-state index is -1.13. The molecule has 0 radical (unpaired) electrons. The lowest BCUT2D eigenvalue weighted by atomic mass is 10.2. The molecule has 6 nitrogen and oxygen atoms in total. The maximum atomic E-state index is 10.6. The molecule has 0 spiro atoms. The van der Waals surface area contributed by atoms with Crippen molar-refractivity contribution in [3.05, 3.63) is 0 Å². The molecule has 0 aliphatic heterocycles. The van der Waals surface area contributed by atoms with Crippen LogP contribution in [-0.2, 0) is 14.4 Å². The first-order valence-electron chi connectivity index (χ1n) is 4.72. The second kappa shape index (κ2) is 9.14. The number of hydrogen-bond acceptors (Lipinski definition) is 4. The minimum Gasteiger partial charge on any atom is -0.480 e. The molecule has 0 aliphatic rings. The van der Waals surface area contributed by atoms with Crippen molar-refractivity contribution < 1.29 is 19.5 Å². The summed E-state index contributed by atoms with van der Waals surface area (Å²) in [5.74, 6) is -2.46. The average Bonchev–Trinajstić information content (AvgIpc) is 2.20. The largest absolute Gasteiger partial charge is 0.480 e. The van der Waals surface area contributed by atoms with Gasteiger partial charge in [-0.2, -0.15) is 0 Å². The van der Waals surface area contributed by atoms with Crippen molar-refractivity contribution >= 4 is 17.7 Å². The highest BCUT2D eigenvalue weighted by atomic mass is 16.4. The summed E-state index contributed by atoms with van der Waals surface area (Å²) < 4.78 is 0. The van der Waals surface area contributed by atoms with Gasteiger partial charge >= 0.3 is 5.97 Å². The molecule has 0 rings (SSSR count). The zero-order chi connectivity index (χ0) is 12.4. The fourth-order valence-corrected chi connectivity index (χ4v) is 0.589. The Balaban J connectivity index is 0. The zero-order valence-corrected chi connectivity index (χ0v) is 9.24. The van der Waals surface area contributed by atoms with Gasteiger partial charge in [-0.05, 0) is 6.42 Å². The maximum Gasteiger partial charge on any atom is 0.320 e. The van der Waals surface area contributed by atoms with Crippen molar-refractivity contribution in [2.24, 2.45) is 5.73 Å². The van der Waals surface area contributed by atoms with Crippen LogP contribution in [0.4, 0.5) is 0 Å². The van der Waals surface area contributed by atoms with Gasteiger partial charge in [0.05, 0.1) is 0 Å². The summed E-state index contributed by atoms with van der Waals surface area (Å²) in [4.78, 5) is 31.2. The van der Waals surface area contributed by atoms with Crippen LogP contribution in [0.25, 0.3) is 0 Å². The molecule has 1 atom stereocenters. The van der Waals surface area contributed by atoms with Crippen LogP contribution in [0, 0.1) is 0 Å². The summed E-state index contributed by atoms with van der Waals surface area (Å²) in [6, 6.07) is -1.01. The lowest BCUT2D eigenvalue weighted by Crippen LogP contribution is -2.37. The summed E-state index contributed by atoms with van der Waals surface area (Å²) >= 11 is 0. The van der Waals surface area contributed by atoms with Crippen LogP contribution in [0.15, 0.2) is 0 Å². The Kier molecular flexibility index (Phi) is 9.76. The van der Waals surface area contributed by atoms with E-state index in [0.717, 1.165) is 6.92 Å². The van der Waals surface area contributed by atoms with E-state index in [9.17, 15) is 14.4 Å². The Labute approximate surface area is 88.8 Å². The summed E-state index contributed by atoms with van der Waals surface area (Å²) in [6.07, 6.45) is 0.106. The summed E-state index contributed by atoms with van der Waals surface area (Å²) in [6.45, 7) is 5.22. The summed E-state index contributed by atoms with van der Waals surface area (Å²) in [7, 11) is 0. The maximum absolute atomic E-state index is 10.6. The quantitative estimate of drug-likeness (QED) is 0.540. The standard InChI is InChI=1S/C7H12N2O4.C2H6/c1-4(10)6(11)9-3-2-5(8)7(12)13;1-2/h5H,2-3,8H2,1H3,(H,9,11)(H,12,13);1-2H3. The van der Waals surface area contributed by atoms with Crippen molar-refractivity contribution in [1.82, 2.24) is 5.32 Å². The second-order valence-electron chi connectivity index (χ2n) is 2.55. The number of ketones is 1. The smallest absolute Gasteiger partial charge is 0.320 e. The van der Waals surface area contributed by atoms with Crippen LogP contribution in [0.3, 0.4) is 0 Å². The molecule has 0 heterocycles. The third kappa shape index (κ3) is 8.89. The predicted octanol–water partition coefficient (Wildman–Crippen LogP) is -0.480. The molecule has 0 aliphatic carbocycles. The highest BCUT2D eigenvalue weighted by Gasteiger charge is 2.12. The van der Waals surface area contributed by atoms with Crippen LogP contribution in [0.5, 0.6) is 0 Å². The third-order valence-corrected chi connectivity index (χ3v) is 1.38. The minimum absolute atomic E-state index is 0.0892. The molecule has 0 bridgehead atoms. The Morgan fingerprint density at radius 3 is 2.13 bits per heavy atom. The molecule has 6 heteroatoms.